The topological polar surface area (TPSA) is 110 Å². The fourth-order valence-corrected chi connectivity index (χ4v) is 4.29. The number of amides is 1. The maximum absolute atomic E-state index is 12.9. The van der Waals surface area contributed by atoms with Gasteiger partial charge >= 0.3 is 0 Å². The van der Waals surface area contributed by atoms with Crippen LogP contribution in [-0.4, -0.2) is 31.5 Å². The van der Waals surface area contributed by atoms with Crippen LogP contribution in [-0.2, 0) is 21.2 Å². The Morgan fingerprint density at radius 1 is 1.17 bits per heavy atom. The summed E-state index contributed by atoms with van der Waals surface area (Å²) >= 11 is 0. The van der Waals surface area contributed by atoms with E-state index in [1.807, 2.05) is 19.1 Å². The van der Waals surface area contributed by atoms with Crippen molar-refractivity contribution in [3.63, 3.8) is 0 Å². The molecule has 0 heterocycles. The molecular weight excluding hydrogens is 394 g/mol. The van der Waals surface area contributed by atoms with Gasteiger partial charge in [-0.15, -0.1) is 0 Å². The monoisotopic (exact) mass is 419 g/mol. The second-order valence-corrected chi connectivity index (χ2v) is 8.61. The number of anilines is 2. The quantitative estimate of drug-likeness (QED) is 0.519. The van der Waals surface area contributed by atoms with E-state index in [1.54, 1.807) is 26.0 Å². The number of rotatable bonds is 8. The minimum atomic E-state index is -3.89. The van der Waals surface area contributed by atoms with Crippen LogP contribution in [0.4, 0.5) is 17.1 Å². The third kappa shape index (κ3) is 5.32. The SMILES string of the molecule is CCc1ccc(NC(=O)[C@H](CC)N(c2cc([N+](=O)[O-])ccc2C)S(C)(=O)=O)cc1. The lowest BCUT2D eigenvalue weighted by molar-refractivity contribution is -0.384. The molecule has 8 nitrogen and oxygen atoms in total. The molecule has 0 aromatic heterocycles. The van der Waals surface area contributed by atoms with Crippen LogP contribution < -0.4 is 9.62 Å². The van der Waals surface area contributed by atoms with Gasteiger partial charge in [0.2, 0.25) is 15.9 Å². The van der Waals surface area contributed by atoms with Crippen molar-refractivity contribution in [3.05, 3.63) is 63.7 Å². The van der Waals surface area contributed by atoms with Gasteiger partial charge in [-0.1, -0.05) is 32.0 Å². The van der Waals surface area contributed by atoms with Gasteiger partial charge in [0.1, 0.15) is 6.04 Å². The minimum absolute atomic E-state index is 0.116. The third-order valence-electron chi connectivity index (χ3n) is 4.60. The lowest BCUT2D eigenvalue weighted by atomic mass is 10.1. The molecule has 9 heteroatoms. The molecule has 0 unspecified atom stereocenters. The number of non-ortho nitro benzene ring substituents is 1. The van der Waals surface area contributed by atoms with Gasteiger partial charge in [0, 0.05) is 17.8 Å². The summed E-state index contributed by atoms with van der Waals surface area (Å²) in [5.41, 5.74) is 2.05. The minimum Gasteiger partial charge on any atom is -0.324 e. The number of carbonyl (C=O) groups is 1. The summed E-state index contributed by atoms with van der Waals surface area (Å²) in [6, 6.07) is 10.2. The van der Waals surface area contributed by atoms with Crippen molar-refractivity contribution in [2.45, 2.75) is 39.7 Å². The number of hydrogen-bond donors (Lipinski definition) is 1. The second kappa shape index (κ2) is 9.04. The Bertz CT molecular complexity index is 1000. The van der Waals surface area contributed by atoms with Crippen molar-refractivity contribution >= 4 is 33.0 Å². The van der Waals surface area contributed by atoms with Crippen LogP contribution in [0, 0.1) is 17.0 Å². The van der Waals surface area contributed by atoms with E-state index in [9.17, 15) is 23.3 Å². The number of nitro benzene ring substituents is 1. The zero-order valence-electron chi connectivity index (χ0n) is 16.9. The van der Waals surface area contributed by atoms with E-state index in [-0.39, 0.29) is 17.8 Å². The number of carbonyl (C=O) groups excluding carboxylic acids is 1. The van der Waals surface area contributed by atoms with E-state index in [2.05, 4.69) is 5.32 Å². The van der Waals surface area contributed by atoms with E-state index < -0.39 is 26.9 Å². The van der Waals surface area contributed by atoms with E-state index in [0.29, 0.717) is 11.3 Å². The van der Waals surface area contributed by atoms with Crippen LogP contribution in [0.1, 0.15) is 31.4 Å². The predicted molar refractivity (Wildman–Crippen MR) is 114 cm³/mol. The van der Waals surface area contributed by atoms with Gasteiger partial charge in [-0.3, -0.25) is 19.2 Å². The first-order valence-electron chi connectivity index (χ1n) is 9.22. The normalized spacial score (nSPS) is 12.3. The molecular formula is C20H25N3O5S. The maximum Gasteiger partial charge on any atom is 0.271 e. The van der Waals surface area contributed by atoms with Gasteiger partial charge in [-0.05, 0) is 43.0 Å². The second-order valence-electron chi connectivity index (χ2n) is 6.75. The number of nitro groups is 1. The van der Waals surface area contributed by atoms with Crippen molar-refractivity contribution in [1.82, 2.24) is 0 Å². The molecule has 29 heavy (non-hydrogen) atoms. The first kappa shape index (κ1) is 22.4. The van der Waals surface area contributed by atoms with Gasteiger partial charge in [-0.2, -0.15) is 0 Å². The van der Waals surface area contributed by atoms with Crippen LogP contribution in [0.5, 0.6) is 0 Å². The molecule has 0 bridgehead atoms. The molecule has 1 amide bonds. The van der Waals surface area contributed by atoms with Crippen LogP contribution in [0.15, 0.2) is 42.5 Å². The van der Waals surface area contributed by atoms with Gasteiger partial charge < -0.3 is 5.32 Å². The summed E-state index contributed by atoms with van der Waals surface area (Å²) in [5.74, 6) is -0.506. The van der Waals surface area contributed by atoms with Crippen LogP contribution in [0.2, 0.25) is 0 Å². The number of sulfonamides is 1. The molecule has 0 aliphatic heterocycles. The van der Waals surface area contributed by atoms with Crippen LogP contribution in [0.3, 0.4) is 0 Å². The first-order chi connectivity index (χ1) is 13.6. The summed E-state index contributed by atoms with van der Waals surface area (Å²) in [4.78, 5) is 23.5. The maximum atomic E-state index is 12.9. The highest BCUT2D eigenvalue weighted by Crippen LogP contribution is 2.30. The molecule has 2 rings (SSSR count). The van der Waals surface area contributed by atoms with Crippen molar-refractivity contribution in [2.75, 3.05) is 15.9 Å². The first-order valence-corrected chi connectivity index (χ1v) is 11.1. The lowest BCUT2D eigenvalue weighted by Gasteiger charge is -2.31. The number of hydrogen-bond acceptors (Lipinski definition) is 5. The number of nitrogens with one attached hydrogen (secondary N) is 1. The molecule has 0 radical (unpaired) electrons. The molecule has 0 saturated carbocycles. The molecule has 0 spiro atoms. The Balaban J connectivity index is 2.45. The summed E-state index contributed by atoms with van der Waals surface area (Å²) in [5, 5.41) is 13.9. The summed E-state index contributed by atoms with van der Waals surface area (Å²) in [7, 11) is -3.89. The van der Waals surface area contributed by atoms with E-state index in [0.717, 1.165) is 22.5 Å². The zero-order chi connectivity index (χ0) is 21.8. The molecule has 0 saturated heterocycles. The number of aryl methyl sites for hydroxylation is 2. The Kier molecular flexibility index (Phi) is 6.97. The smallest absolute Gasteiger partial charge is 0.271 e. The van der Waals surface area contributed by atoms with Crippen molar-refractivity contribution < 1.29 is 18.1 Å². The van der Waals surface area contributed by atoms with Crippen LogP contribution in [0.25, 0.3) is 0 Å². The van der Waals surface area contributed by atoms with Crippen LogP contribution >= 0.6 is 0 Å². The van der Waals surface area contributed by atoms with Gasteiger partial charge in [-0.25, -0.2) is 8.42 Å². The third-order valence-corrected chi connectivity index (χ3v) is 5.77. The Labute approximate surface area is 170 Å². The molecule has 0 fully saturated rings. The summed E-state index contributed by atoms with van der Waals surface area (Å²) in [6.07, 6.45) is 2.03. The highest BCUT2D eigenvalue weighted by atomic mass is 32.2. The molecule has 0 aliphatic carbocycles. The average Bonchev–Trinajstić information content (AvgIpc) is 2.66. The molecule has 2 aromatic rings. The Morgan fingerprint density at radius 3 is 2.28 bits per heavy atom. The largest absolute Gasteiger partial charge is 0.324 e. The molecule has 2 aromatic carbocycles. The predicted octanol–water partition coefficient (Wildman–Crippen LogP) is 3.65. The van der Waals surface area contributed by atoms with Gasteiger partial charge in [0.05, 0.1) is 16.9 Å². The van der Waals surface area contributed by atoms with Gasteiger partial charge in [0.15, 0.2) is 0 Å². The molecule has 156 valence electrons. The fourth-order valence-electron chi connectivity index (χ4n) is 3.03. The molecule has 1 N–H and O–H groups in total. The number of nitrogens with zero attached hydrogens (tertiary/aromatic N) is 2. The van der Waals surface area contributed by atoms with Crippen molar-refractivity contribution in [1.29, 1.82) is 0 Å². The Morgan fingerprint density at radius 2 is 1.79 bits per heavy atom. The van der Waals surface area contributed by atoms with E-state index in [4.69, 9.17) is 0 Å². The molecule has 0 aliphatic rings. The fraction of sp³-hybridized carbons (Fsp3) is 0.350. The van der Waals surface area contributed by atoms with E-state index >= 15 is 0 Å². The Hall–Kier alpha value is -2.94. The summed E-state index contributed by atoms with van der Waals surface area (Å²) in [6.45, 7) is 5.35. The lowest BCUT2D eigenvalue weighted by Crippen LogP contribution is -2.47. The zero-order valence-corrected chi connectivity index (χ0v) is 17.7. The van der Waals surface area contributed by atoms with Crippen molar-refractivity contribution in [2.24, 2.45) is 0 Å². The van der Waals surface area contributed by atoms with E-state index in [1.165, 1.54) is 18.2 Å². The summed E-state index contributed by atoms with van der Waals surface area (Å²) < 4.78 is 26.1. The van der Waals surface area contributed by atoms with Gasteiger partial charge in [0.25, 0.3) is 5.69 Å². The standard InChI is InChI=1S/C20H25N3O5S/c1-5-15-8-10-16(11-9-15)21-20(24)18(6-2)22(29(4,27)28)19-13-17(23(25)26)12-7-14(19)3/h7-13,18H,5-6H2,1-4H3,(H,21,24)/t18-/m0/s1. The van der Waals surface area contributed by atoms with Crippen molar-refractivity contribution in [3.8, 4) is 0 Å². The highest BCUT2D eigenvalue weighted by Gasteiger charge is 2.33. The molecule has 1 atom stereocenters. The average molecular weight is 420 g/mol. The highest BCUT2D eigenvalue weighted by molar-refractivity contribution is 7.92. The number of benzene rings is 2.